The van der Waals surface area contributed by atoms with Gasteiger partial charge in [-0.15, -0.1) is 0 Å². The van der Waals surface area contributed by atoms with Crippen molar-refractivity contribution >= 4 is 5.97 Å². The first-order chi connectivity index (χ1) is 6.20. The van der Waals surface area contributed by atoms with Gasteiger partial charge >= 0.3 is 5.97 Å². The molecule has 1 unspecified atom stereocenters. The summed E-state index contributed by atoms with van der Waals surface area (Å²) in [5.74, 6) is 4.70. The Balaban J connectivity index is 3.30. The summed E-state index contributed by atoms with van der Waals surface area (Å²) in [6.45, 7) is 4.14. The fraction of sp³-hybridized carbons (Fsp3) is 0.875. The molecule has 0 amide bonds. The van der Waals surface area contributed by atoms with E-state index in [4.69, 9.17) is 15.3 Å². The number of ether oxygens (including phenoxy) is 2. The van der Waals surface area contributed by atoms with Crippen LogP contribution in [0.15, 0.2) is 0 Å². The average Bonchev–Trinajstić information content (AvgIpc) is 2.14. The molecule has 0 radical (unpaired) electrons. The fourth-order valence-corrected chi connectivity index (χ4v) is 0.613. The summed E-state index contributed by atoms with van der Waals surface area (Å²) in [5.41, 5.74) is 2.36. The zero-order valence-corrected chi connectivity index (χ0v) is 8.21. The van der Waals surface area contributed by atoms with Crippen LogP contribution in [0.2, 0.25) is 0 Å². The van der Waals surface area contributed by atoms with E-state index in [0.29, 0.717) is 6.61 Å². The van der Waals surface area contributed by atoms with Crippen LogP contribution in [0.3, 0.4) is 0 Å². The lowest BCUT2D eigenvalue weighted by molar-refractivity contribution is -0.151. The molecular weight excluding hydrogens is 172 g/mol. The lowest BCUT2D eigenvalue weighted by Crippen LogP contribution is -2.36. The molecule has 0 saturated heterocycles. The maximum absolute atomic E-state index is 10.9. The summed E-state index contributed by atoms with van der Waals surface area (Å²) in [5, 5.41) is 0. The zero-order chi connectivity index (χ0) is 10.1. The highest BCUT2D eigenvalue weighted by molar-refractivity contribution is 5.70. The molecule has 0 aromatic rings. The van der Waals surface area contributed by atoms with Gasteiger partial charge in [0.15, 0.2) is 0 Å². The number of hydrogen-bond acceptors (Lipinski definition) is 5. The third-order valence-electron chi connectivity index (χ3n) is 1.45. The molecule has 0 heterocycles. The number of nitrogens with two attached hydrogens (primary N) is 1. The van der Waals surface area contributed by atoms with Gasteiger partial charge in [-0.25, -0.2) is 10.2 Å². The zero-order valence-electron chi connectivity index (χ0n) is 8.21. The molecule has 0 rings (SSSR count). The predicted octanol–water partition coefficient (Wildman–Crippen LogP) is 0.156. The van der Waals surface area contributed by atoms with E-state index in [1.807, 2.05) is 6.92 Å². The van der Waals surface area contributed by atoms with Gasteiger partial charge in [-0.1, -0.05) is 13.3 Å². The Morgan fingerprint density at radius 3 is 2.85 bits per heavy atom. The second-order valence-corrected chi connectivity index (χ2v) is 2.69. The molecule has 78 valence electrons. The highest BCUT2D eigenvalue weighted by Gasteiger charge is 2.05. The van der Waals surface area contributed by atoms with Crippen molar-refractivity contribution in [3.05, 3.63) is 0 Å². The van der Waals surface area contributed by atoms with Crippen molar-refractivity contribution < 1.29 is 14.3 Å². The molecule has 0 aliphatic rings. The standard InChI is InChI=1S/C8H18N2O3/c1-3-4-5-12-8(11)6-13-7(2)10-9/h7,10H,3-6,9H2,1-2H3. The number of esters is 1. The highest BCUT2D eigenvalue weighted by Crippen LogP contribution is 1.90. The van der Waals surface area contributed by atoms with Crippen LogP contribution in [0.5, 0.6) is 0 Å². The highest BCUT2D eigenvalue weighted by atomic mass is 16.6. The van der Waals surface area contributed by atoms with Crippen LogP contribution in [0, 0.1) is 0 Å². The normalized spacial score (nSPS) is 12.5. The van der Waals surface area contributed by atoms with Gasteiger partial charge < -0.3 is 9.47 Å². The van der Waals surface area contributed by atoms with E-state index in [0.717, 1.165) is 12.8 Å². The summed E-state index contributed by atoms with van der Waals surface area (Å²) >= 11 is 0. The number of hydrazine groups is 1. The molecule has 0 fully saturated rings. The van der Waals surface area contributed by atoms with Crippen molar-refractivity contribution in [2.75, 3.05) is 13.2 Å². The third-order valence-corrected chi connectivity index (χ3v) is 1.45. The number of rotatable bonds is 7. The number of hydrogen-bond donors (Lipinski definition) is 2. The summed E-state index contributed by atoms with van der Waals surface area (Å²) in [6, 6.07) is 0. The van der Waals surface area contributed by atoms with Crippen molar-refractivity contribution in [1.82, 2.24) is 5.43 Å². The van der Waals surface area contributed by atoms with E-state index in [1.54, 1.807) is 6.92 Å². The van der Waals surface area contributed by atoms with Crippen molar-refractivity contribution in [2.45, 2.75) is 32.9 Å². The second kappa shape index (κ2) is 7.97. The average molecular weight is 190 g/mol. The van der Waals surface area contributed by atoms with Crippen LogP contribution in [0.1, 0.15) is 26.7 Å². The minimum absolute atomic E-state index is 0.0604. The first-order valence-electron chi connectivity index (χ1n) is 4.44. The molecule has 0 aliphatic carbocycles. The van der Waals surface area contributed by atoms with Crippen LogP contribution in [-0.4, -0.2) is 25.4 Å². The Bertz CT molecular complexity index is 141. The molecule has 3 N–H and O–H groups in total. The van der Waals surface area contributed by atoms with Gasteiger partial charge in [-0.2, -0.15) is 0 Å². The van der Waals surface area contributed by atoms with Crippen LogP contribution in [0.4, 0.5) is 0 Å². The Kier molecular flexibility index (Phi) is 7.57. The van der Waals surface area contributed by atoms with Gasteiger partial charge in [0.1, 0.15) is 12.8 Å². The smallest absolute Gasteiger partial charge is 0.332 e. The summed E-state index contributed by atoms with van der Waals surface area (Å²) in [6.07, 6.45) is 1.56. The quantitative estimate of drug-likeness (QED) is 0.197. The Labute approximate surface area is 78.5 Å². The van der Waals surface area contributed by atoms with Crippen LogP contribution >= 0.6 is 0 Å². The van der Waals surface area contributed by atoms with Crippen LogP contribution in [0.25, 0.3) is 0 Å². The largest absolute Gasteiger partial charge is 0.464 e. The minimum Gasteiger partial charge on any atom is -0.464 e. The first kappa shape index (κ1) is 12.3. The molecule has 0 aromatic heterocycles. The van der Waals surface area contributed by atoms with Gasteiger partial charge in [0, 0.05) is 0 Å². The third kappa shape index (κ3) is 7.70. The molecule has 1 atom stereocenters. The maximum atomic E-state index is 10.9. The number of carbonyl (C=O) groups is 1. The molecule has 5 heteroatoms. The maximum Gasteiger partial charge on any atom is 0.332 e. The number of nitrogens with one attached hydrogen (secondary N) is 1. The summed E-state index contributed by atoms with van der Waals surface area (Å²) < 4.78 is 9.82. The topological polar surface area (TPSA) is 73.6 Å². The lowest BCUT2D eigenvalue weighted by Gasteiger charge is -2.10. The summed E-state index contributed by atoms with van der Waals surface area (Å²) in [4.78, 5) is 10.9. The Hall–Kier alpha value is -0.650. The Morgan fingerprint density at radius 2 is 2.31 bits per heavy atom. The molecule has 0 aromatic carbocycles. The predicted molar refractivity (Wildman–Crippen MR) is 48.6 cm³/mol. The van der Waals surface area contributed by atoms with E-state index in [9.17, 15) is 4.79 Å². The number of unbranched alkanes of at least 4 members (excludes halogenated alkanes) is 1. The van der Waals surface area contributed by atoms with E-state index >= 15 is 0 Å². The second-order valence-electron chi connectivity index (χ2n) is 2.69. The van der Waals surface area contributed by atoms with Gasteiger partial charge in [0.25, 0.3) is 0 Å². The Morgan fingerprint density at radius 1 is 1.62 bits per heavy atom. The van der Waals surface area contributed by atoms with Crippen LogP contribution in [-0.2, 0) is 14.3 Å². The molecule has 0 spiro atoms. The van der Waals surface area contributed by atoms with Crippen molar-refractivity contribution in [3.63, 3.8) is 0 Å². The summed E-state index contributed by atoms with van der Waals surface area (Å²) in [7, 11) is 0. The van der Waals surface area contributed by atoms with E-state index in [-0.39, 0.29) is 18.8 Å². The van der Waals surface area contributed by atoms with E-state index < -0.39 is 0 Å². The van der Waals surface area contributed by atoms with Gasteiger partial charge in [0.2, 0.25) is 0 Å². The van der Waals surface area contributed by atoms with Gasteiger partial charge in [-0.05, 0) is 13.3 Å². The molecule has 5 nitrogen and oxygen atoms in total. The molecule has 0 aliphatic heterocycles. The van der Waals surface area contributed by atoms with Gasteiger partial charge in [0.05, 0.1) is 6.61 Å². The first-order valence-corrected chi connectivity index (χ1v) is 4.44. The SMILES string of the molecule is CCCCOC(=O)COC(C)NN. The molecule has 0 bridgehead atoms. The number of carbonyl (C=O) groups excluding carboxylic acids is 1. The molecule has 13 heavy (non-hydrogen) atoms. The van der Waals surface area contributed by atoms with Gasteiger partial charge in [-0.3, -0.25) is 5.84 Å². The molecule has 0 saturated carbocycles. The fourth-order valence-electron chi connectivity index (χ4n) is 0.613. The minimum atomic E-state index is -0.351. The monoisotopic (exact) mass is 190 g/mol. The molecular formula is C8H18N2O3. The van der Waals surface area contributed by atoms with Crippen molar-refractivity contribution in [3.8, 4) is 0 Å². The van der Waals surface area contributed by atoms with Crippen molar-refractivity contribution in [2.24, 2.45) is 5.84 Å². The van der Waals surface area contributed by atoms with E-state index in [2.05, 4.69) is 5.43 Å². The van der Waals surface area contributed by atoms with Crippen molar-refractivity contribution in [1.29, 1.82) is 0 Å². The van der Waals surface area contributed by atoms with Crippen LogP contribution < -0.4 is 11.3 Å². The van der Waals surface area contributed by atoms with E-state index in [1.165, 1.54) is 0 Å². The lowest BCUT2D eigenvalue weighted by atomic mass is 10.4.